The Hall–Kier alpha value is -1.71. The van der Waals surface area contributed by atoms with E-state index in [2.05, 4.69) is 43.6 Å². The molecule has 43 heavy (non-hydrogen) atoms. The summed E-state index contributed by atoms with van der Waals surface area (Å²) >= 11 is 3.64. The number of rotatable bonds is 7. The Kier molecular flexibility index (Phi) is 10.0. The molecule has 10 atom stereocenters. The van der Waals surface area contributed by atoms with Gasteiger partial charge in [-0.3, -0.25) is 9.59 Å². The number of halogens is 1. The summed E-state index contributed by atoms with van der Waals surface area (Å²) in [6.45, 7) is 15.2. The summed E-state index contributed by atoms with van der Waals surface area (Å²) in [5.74, 6) is -1.29. The number of aliphatic hydroxyl groups is 2. The first-order chi connectivity index (χ1) is 20.0. The smallest absolute Gasteiger partial charge is 0.336 e. The van der Waals surface area contributed by atoms with Gasteiger partial charge in [0.05, 0.1) is 12.2 Å². The molecule has 4 saturated carbocycles. The van der Waals surface area contributed by atoms with Crippen molar-refractivity contribution < 1.29 is 38.8 Å². The van der Waals surface area contributed by atoms with Gasteiger partial charge in [0.2, 0.25) is 6.79 Å². The van der Waals surface area contributed by atoms with Crippen LogP contribution in [0.3, 0.4) is 0 Å². The SMILES string of the molecule is CC(=O)OCOC(=O)/C(CCC(Br)=C(C)C)=C1/C2C[C@@H](O)[C@H]3[C@@]4(C)CC[C@@H](O)[C@@H](C)C4CC[C@]3(C)[C@@]2(C)C[C@@H]1OC(C)=O. The lowest BCUT2D eigenvalue weighted by Gasteiger charge is -2.69. The fraction of sp³-hybridized carbons (Fsp3) is 0.794. The molecule has 0 aliphatic heterocycles. The summed E-state index contributed by atoms with van der Waals surface area (Å²) in [7, 11) is 0. The molecule has 2 unspecified atom stereocenters. The fourth-order valence-corrected chi connectivity index (χ4v) is 10.2. The zero-order valence-corrected chi connectivity index (χ0v) is 28.7. The van der Waals surface area contributed by atoms with Crippen LogP contribution in [0.2, 0.25) is 0 Å². The van der Waals surface area contributed by atoms with Gasteiger partial charge in [0, 0.05) is 19.4 Å². The van der Waals surface area contributed by atoms with E-state index in [1.807, 2.05) is 13.8 Å². The van der Waals surface area contributed by atoms with Gasteiger partial charge in [-0.25, -0.2) is 4.79 Å². The second-order valence-electron chi connectivity index (χ2n) is 14.6. The molecule has 4 fully saturated rings. The number of allylic oxidation sites excluding steroid dienone is 2. The van der Waals surface area contributed by atoms with Gasteiger partial charge in [-0.15, -0.1) is 0 Å². The van der Waals surface area contributed by atoms with E-state index in [-0.39, 0.29) is 40.1 Å². The third-order valence-corrected chi connectivity index (χ3v) is 13.4. The molecule has 4 rings (SSSR count). The topological polar surface area (TPSA) is 119 Å². The number of hydrogen-bond donors (Lipinski definition) is 2. The van der Waals surface area contributed by atoms with E-state index in [1.165, 1.54) is 13.8 Å². The van der Waals surface area contributed by atoms with Crippen LogP contribution in [0.25, 0.3) is 0 Å². The highest BCUT2D eigenvalue weighted by Gasteiger charge is 2.70. The van der Waals surface area contributed by atoms with Crippen LogP contribution in [0.1, 0.15) is 107 Å². The maximum atomic E-state index is 13.7. The van der Waals surface area contributed by atoms with E-state index in [9.17, 15) is 24.6 Å². The van der Waals surface area contributed by atoms with Gasteiger partial charge < -0.3 is 24.4 Å². The molecule has 8 nitrogen and oxygen atoms in total. The van der Waals surface area contributed by atoms with Crippen molar-refractivity contribution in [1.82, 2.24) is 0 Å². The third-order valence-electron chi connectivity index (χ3n) is 12.2. The summed E-state index contributed by atoms with van der Waals surface area (Å²) < 4.78 is 17.4. The van der Waals surface area contributed by atoms with Crippen molar-refractivity contribution in [3.63, 3.8) is 0 Å². The molecule has 0 saturated heterocycles. The van der Waals surface area contributed by atoms with Gasteiger partial charge in [-0.2, -0.15) is 0 Å². The Balaban J connectivity index is 1.83. The van der Waals surface area contributed by atoms with Crippen LogP contribution in [0.5, 0.6) is 0 Å². The first kappa shape index (κ1) is 34.2. The van der Waals surface area contributed by atoms with Crippen LogP contribution >= 0.6 is 15.9 Å². The number of esters is 3. The summed E-state index contributed by atoms with van der Waals surface area (Å²) in [6.07, 6.45) is 3.76. The van der Waals surface area contributed by atoms with Crippen molar-refractivity contribution in [3.05, 3.63) is 21.2 Å². The first-order valence-corrected chi connectivity index (χ1v) is 16.7. The maximum Gasteiger partial charge on any atom is 0.336 e. The van der Waals surface area contributed by atoms with Crippen LogP contribution in [-0.4, -0.2) is 53.2 Å². The number of carbonyl (C=O) groups excluding carboxylic acids is 3. The average Bonchev–Trinajstić information content (AvgIpc) is 3.17. The number of aliphatic hydroxyl groups excluding tert-OH is 2. The van der Waals surface area contributed by atoms with E-state index in [1.54, 1.807) is 0 Å². The molecule has 0 aromatic rings. The molecule has 0 heterocycles. The number of fused-ring (bicyclic) bond motifs is 5. The van der Waals surface area contributed by atoms with Crippen LogP contribution in [0.15, 0.2) is 21.2 Å². The Morgan fingerprint density at radius 3 is 2.19 bits per heavy atom. The lowest BCUT2D eigenvalue weighted by molar-refractivity contribution is -0.234. The van der Waals surface area contributed by atoms with Crippen LogP contribution in [0, 0.1) is 39.9 Å². The van der Waals surface area contributed by atoms with E-state index in [0.29, 0.717) is 37.2 Å². The van der Waals surface area contributed by atoms with E-state index in [4.69, 9.17) is 14.2 Å². The van der Waals surface area contributed by atoms with Crippen molar-refractivity contribution >= 4 is 33.8 Å². The molecule has 0 aromatic heterocycles. The molecule has 0 aromatic carbocycles. The van der Waals surface area contributed by atoms with Gasteiger partial charge in [0.1, 0.15) is 6.10 Å². The van der Waals surface area contributed by atoms with Gasteiger partial charge >= 0.3 is 17.9 Å². The highest BCUT2D eigenvalue weighted by molar-refractivity contribution is 9.11. The molecule has 0 radical (unpaired) electrons. The normalized spacial score (nSPS) is 41.2. The van der Waals surface area contributed by atoms with Crippen molar-refractivity contribution in [1.29, 1.82) is 0 Å². The van der Waals surface area contributed by atoms with Crippen LogP contribution in [-0.2, 0) is 28.6 Å². The van der Waals surface area contributed by atoms with Crippen LogP contribution in [0.4, 0.5) is 0 Å². The van der Waals surface area contributed by atoms with Gasteiger partial charge in [0.25, 0.3) is 0 Å². The second kappa shape index (κ2) is 12.6. The van der Waals surface area contributed by atoms with E-state index < -0.39 is 36.9 Å². The third kappa shape index (κ3) is 5.99. The van der Waals surface area contributed by atoms with Gasteiger partial charge in [-0.05, 0) is 115 Å². The highest BCUT2D eigenvalue weighted by Crippen LogP contribution is 2.74. The highest BCUT2D eigenvalue weighted by atomic mass is 79.9. The molecule has 0 amide bonds. The minimum Gasteiger partial charge on any atom is -0.458 e. The minimum atomic E-state index is -0.630. The standard InChI is InChI=1S/C34H51BrO8/c1-18(2)25(35)10-9-22(31(40)42-17-41-20(4)36)29-24-15-27(39)30-32(6)13-12-26(38)19(3)23(32)11-14-33(30,7)34(24,8)16-28(29)43-21(5)37/h19,23-24,26-28,30,38-39H,9-17H2,1-8H3/b29-22-/t19-,23?,24?,26+,27+,28-,30-,32-,33-,34-/m0/s1. The van der Waals surface area contributed by atoms with Gasteiger partial charge in [-0.1, -0.05) is 49.2 Å². The Morgan fingerprint density at radius 2 is 1.58 bits per heavy atom. The molecule has 0 bridgehead atoms. The molecule has 0 spiro atoms. The summed E-state index contributed by atoms with van der Waals surface area (Å²) in [6, 6.07) is 0. The second-order valence-corrected chi connectivity index (χ2v) is 15.6. The fourth-order valence-electron chi connectivity index (χ4n) is 10.0. The average molecular weight is 668 g/mol. The number of ether oxygens (including phenoxy) is 3. The van der Waals surface area contributed by atoms with Crippen molar-refractivity contribution in [2.45, 2.75) is 125 Å². The molecule has 4 aliphatic carbocycles. The van der Waals surface area contributed by atoms with E-state index >= 15 is 0 Å². The summed E-state index contributed by atoms with van der Waals surface area (Å²) in [5, 5.41) is 22.9. The molecular formula is C34H51BrO8. The van der Waals surface area contributed by atoms with Gasteiger partial charge in [0.15, 0.2) is 0 Å². The summed E-state index contributed by atoms with van der Waals surface area (Å²) in [5.41, 5.74) is 1.45. The Bertz CT molecular complexity index is 1190. The Labute approximate surface area is 265 Å². The van der Waals surface area contributed by atoms with Crippen molar-refractivity contribution in [3.8, 4) is 0 Å². The zero-order chi connectivity index (χ0) is 32.1. The molecular weight excluding hydrogens is 616 g/mol. The van der Waals surface area contributed by atoms with Crippen LogP contribution < -0.4 is 0 Å². The molecule has 242 valence electrons. The predicted molar refractivity (Wildman–Crippen MR) is 166 cm³/mol. The van der Waals surface area contributed by atoms with Crippen molar-refractivity contribution in [2.24, 2.45) is 39.9 Å². The number of carbonyl (C=O) groups is 3. The zero-order valence-electron chi connectivity index (χ0n) is 27.1. The molecule has 9 heteroatoms. The predicted octanol–water partition coefficient (Wildman–Crippen LogP) is 6.37. The monoisotopic (exact) mass is 666 g/mol. The quantitative estimate of drug-likeness (QED) is 0.183. The molecule has 2 N–H and O–H groups in total. The lowest BCUT2D eigenvalue weighted by Crippen LogP contribution is -2.65. The van der Waals surface area contributed by atoms with E-state index in [0.717, 1.165) is 41.3 Å². The summed E-state index contributed by atoms with van der Waals surface area (Å²) in [4.78, 5) is 37.6. The molecule has 4 aliphatic rings. The Morgan fingerprint density at radius 1 is 0.907 bits per heavy atom. The number of hydrogen-bond acceptors (Lipinski definition) is 8. The lowest BCUT2D eigenvalue weighted by atomic mass is 9.36. The first-order valence-electron chi connectivity index (χ1n) is 15.9. The largest absolute Gasteiger partial charge is 0.458 e. The minimum absolute atomic E-state index is 0.00599. The maximum absolute atomic E-state index is 13.7. The van der Waals surface area contributed by atoms with Crippen molar-refractivity contribution in [2.75, 3.05) is 6.79 Å².